The summed E-state index contributed by atoms with van der Waals surface area (Å²) in [6, 6.07) is 2.01. The molecule has 18 heavy (non-hydrogen) atoms. The Kier molecular flexibility index (Phi) is 3.22. The van der Waals surface area contributed by atoms with Gasteiger partial charge < -0.3 is 4.74 Å². The third-order valence-corrected chi connectivity index (χ3v) is 3.99. The van der Waals surface area contributed by atoms with Gasteiger partial charge in [-0.2, -0.15) is 4.98 Å². The molecular formula is C12H16N4OS. The molecule has 3 rings (SSSR count). The lowest BCUT2D eigenvalue weighted by Crippen LogP contribution is -2.07. The van der Waals surface area contributed by atoms with Crippen molar-refractivity contribution in [1.29, 1.82) is 0 Å². The van der Waals surface area contributed by atoms with E-state index in [1.165, 1.54) is 6.42 Å². The highest BCUT2D eigenvalue weighted by Gasteiger charge is 2.17. The molecule has 1 atom stereocenters. The van der Waals surface area contributed by atoms with Crippen molar-refractivity contribution in [2.75, 3.05) is 12.4 Å². The number of fused-ring (bicyclic) bond motifs is 1. The second kappa shape index (κ2) is 4.85. The topological polar surface area (TPSA) is 52.3 Å². The van der Waals surface area contributed by atoms with Crippen molar-refractivity contribution in [2.45, 2.75) is 37.9 Å². The number of rotatable bonds is 3. The molecule has 2 aromatic heterocycles. The molecule has 2 aromatic rings. The molecule has 1 saturated heterocycles. The first-order valence-electron chi connectivity index (χ1n) is 6.18. The van der Waals surface area contributed by atoms with E-state index in [0.29, 0.717) is 11.9 Å². The van der Waals surface area contributed by atoms with Gasteiger partial charge in [0.1, 0.15) is 0 Å². The zero-order valence-electron chi connectivity index (χ0n) is 10.6. The minimum absolute atomic E-state index is 0.359. The molecule has 0 spiro atoms. The van der Waals surface area contributed by atoms with E-state index in [1.807, 2.05) is 19.9 Å². The van der Waals surface area contributed by atoms with Gasteiger partial charge in [-0.3, -0.25) is 0 Å². The number of aryl methyl sites for hydroxylation is 2. The van der Waals surface area contributed by atoms with Crippen LogP contribution in [0.25, 0.3) is 5.78 Å². The second-order valence-corrected chi connectivity index (χ2v) is 5.58. The van der Waals surface area contributed by atoms with E-state index in [9.17, 15) is 0 Å². The van der Waals surface area contributed by atoms with Crippen molar-refractivity contribution in [1.82, 2.24) is 19.6 Å². The van der Waals surface area contributed by atoms with Crippen molar-refractivity contribution >= 4 is 17.5 Å². The van der Waals surface area contributed by atoms with E-state index in [4.69, 9.17) is 4.74 Å². The standard InChI is InChI=1S/C12H16N4OS/c1-8-6-9(2)16-11(13-8)14-12(15-16)18-7-10-4-3-5-17-10/h6,10H,3-5,7H2,1-2H3/t10-/m1/s1. The van der Waals surface area contributed by atoms with Crippen LogP contribution in [0.15, 0.2) is 11.2 Å². The minimum atomic E-state index is 0.359. The largest absolute Gasteiger partial charge is 0.377 e. The summed E-state index contributed by atoms with van der Waals surface area (Å²) >= 11 is 1.65. The predicted molar refractivity (Wildman–Crippen MR) is 70.0 cm³/mol. The van der Waals surface area contributed by atoms with Gasteiger partial charge in [0.15, 0.2) is 0 Å². The molecule has 0 aliphatic carbocycles. The van der Waals surface area contributed by atoms with Crippen LogP contribution in [-0.2, 0) is 4.74 Å². The monoisotopic (exact) mass is 264 g/mol. The maximum atomic E-state index is 5.59. The van der Waals surface area contributed by atoms with E-state index in [1.54, 1.807) is 16.3 Å². The Balaban J connectivity index is 1.78. The minimum Gasteiger partial charge on any atom is -0.377 e. The zero-order valence-corrected chi connectivity index (χ0v) is 11.4. The van der Waals surface area contributed by atoms with Gasteiger partial charge in [-0.15, -0.1) is 5.10 Å². The van der Waals surface area contributed by atoms with Crippen LogP contribution in [0.2, 0.25) is 0 Å². The number of nitrogens with zero attached hydrogens (tertiary/aromatic N) is 4. The highest BCUT2D eigenvalue weighted by atomic mass is 32.2. The Labute approximate surface area is 110 Å². The molecule has 0 unspecified atom stereocenters. The zero-order chi connectivity index (χ0) is 12.5. The molecule has 1 fully saturated rings. The molecule has 1 aliphatic rings. The highest BCUT2D eigenvalue weighted by molar-refractivity contribution is 7.99. The van der Waals surface area contributed by atoms with E-state index in [2.05, 4.69) is 15.1 Å². The summed E-state index contributed by atoms with van der Waals surface area (Å²) in [7, 11) is 0. The Morgan fingerprint density at radius 2 is 2.33 bits per heavy atom. The molecule has 96 valence electrons. The average molecular weight is 264 g/mol. The molecule has 5 nitrogen and oxygen atoms in total. The molecule has 0 N–H and O–H groups in total. The third kappa shape index (κ3) is 2.35. The maximum Gasteiger partial charge on any atom is 0.253 e. The summed E-state index contributed by atoms with van der Waals surface area (Å²) in [5.41, 5.74) is 2.04. The molecule has 1 aliphatic heterocycles. The summed E-state index contributed by atoms with van der Waals surface area (Å²) < 4.78 is 7.39. The fourth-order valence-corrected chi connectivity index (χ4v) is 3.04. The Hall–Kier alpha value is -1.14. The summed E-state index contributed by atoms with van der Waals surface area (Å²) in [6.45, 7) is 4.88. The Morgan fingerprint density at radius 3 is 3.11 bits per heavy atom. The molecule has 0 radical (unpaired) electrons. The van der Waals surface area contributed by atoms with Crippen LogP contribution in [0.5, 0.6) is 0 Å². The third-order valence-electron chi connectivity index (χ3n) is 3.02. The number of thioether (sulfide) groups is 1. The summed E-state index contributed by atoms with van der Waals surface area (Å²) in [4.78, 5) is 8.83. The van der Waals surface area contributed by atoms with Crippen molar-refractivity contribution in [3.63, 3.8) is 0 Å². The van der Waals surface area contributed by atoms with Crippen molar-refractivity contribution in [3.8, 4) is 0 Å². The van der Waals surface area contributed by atoms with Crippen molar-refractivity contribution in [3.05, 3.63) is 17.5 Å². The number of hydrogen-bond donors (Lipinski definition) is 0. The van der Waals surface area contributed by atoms with Gasteiger partial charge in [-0.1, -0.05) is 11.8 Å². The lowest BCUT2D eigenvalue weighted by molar-refractivity contribution is 0.129. The van der Waals surface area contributed by atoms with Gasteiger partial charge in [0.25, 0.3) is 5.78 Å². The molecular weight excluding hydrogens is 248 g/mol. The van der Waals surface area contributed by atoms with Gasteiger partial charge >= 0.3 is 0 Å². The van der Waals surface area contributed by atoms with Gasteiger partial charge in [0.2, 0.25) is 5.16 Å². The van der Waals surface area contributed by atoms with Crippen LogP contribution >= 0.6 is 11.8 Å². The molecule has 3 heterocycles. The fourth-order valence-electron chi connectivity index (χ4n) is 2.15. The molecule has 6 heteroatoms. The number of ether oxygens (including phenoxy) is 1. The van der Waals surface area contributed by atoms with Crippen LogP contribution in [0.4, 0.5) is 0 Å². The van der Waals surface area contributed by atoms with Crippen molar-refractivity contribution in [2.24, 2.45) is 0 Å². The highest BCUT2D eigenvalue weighted by Crippen LogP contribution is 2.21. The van der Waals surface area contributed by atoms with E-state index in [-0.39, 0.29) is 0 Å². The first-order valence-corrected chi connectivity index (χ1v) is 7.16. The SMILES string of the molecule is Cc1cc(C)n2nc(SC[C@H]3CCCO3)nc2n1. The summed E-state index contributed by atoms with van der Waals surface area (Å²) in [5.74, 6) is 1.61. The van der Waals surface area contributed by atoms with Crippen LogP contribution in [-0.4, -0.2) is 38.0 Å². The molecule has 0 bridgehead atoms. The maximum absolute atomic E-state index is 5.59. The van der Waals surface area contributed by atoms with Crippen LogP contribution in [0, 0.1) is 13.8 Å². The summed E-state index contributed by atoms with van der Waals surface area (Å²) in [6.07, 6.45) is 2.68. The van der Waals surface area contributed by atoms with E-state index in [0.717, 1.165) is 35.3 Å². The van der Waals surface area contributed by atoms with Gasteiger partial charge in [0, 0.05) is 23.7 Å². The van der Waals surface area contributed by atoms with Crippen LogP contribution < -0.4 is 0 Å². The van der Waals surface area contributed by atoms with Crippen LogP contribution in [0.3, 0.4) is 0 Å². The Morgan fingerprint density at radius 1 is 1.44 bits per heavy atom. The summed E-state index contributed by atoms with van der Waals surface area (Å²) in [5, 5.41) is 5.25. The molecule has 0 amide bonds. The average Bonchev–Trinajstić information content (AvgIpc) is 2.93. The van der Waals surface area contributed by atoms with Gasteiger partial charge in [-0.05, 0) is 32.8 Å². The van der Waals surface area contributed by atoms with Gasteiger partial charge in [0.05, 0.1) is 6.10 Å². The lowest BCUT2D eigenvalue weighted by Gasteiger charge is -2.05. The van der Waals surface area contributed by atoms with Crippen molar-refractivity contribution < 1.29 is 4.74 Å². The fraction of sp³-hybridized carbons (Fsp3) is 0.583. The lowest BCUT2D eigenvalue weighted by atomic mass is 10.3. The van der Waals surface area contributed by atoms with E-state index >= 15 is 0 Å². The second-order valence-electron chi connectivity index (χ2n) is 4.59. The smallest absolute Gasteiger partial charge is 0.253 e. The first-order chi connectivity index (χ1) is 8.72. The number of hydrogen-bond acceptors (Lipinski definition) is 5. The normalized spacial score (nSPS) is 19.8. The first kappa shape index (κ1) is 11.9. The predicted octanol–water partition coefficient (Wildman–Crippen LogP) is 2.01. The number of aromatic nitrogens is 4. The van der Waals surface area contributed by atoms with Crippen LogP contribution in [0.1, 0.15) is 24.2 Å². The van der Waals surface area contributed by atoms with E-state index < -0.39 is 0 Å². The Bertz CT molecular complexity index is 562. The quantitative estimate of drug-likeness (QED) is 0.794. The molecule has 0 aromatic carbocycles. The molecule has 0 saturated carbocycles. The van der Waals surface area contributed by atoms with Gasteiger partial charge in [-0.25, -0.2) is 9.50 Å².